The zero-order valence-corrected chi connectivity index (χ0v) is 9.79. The number of carbonyl (C=O) groups is 3. The van der Waals surface area contributed by atoms with Gasteiger partial charge < -0.3 is 27.4 Å². The molecule has 0 aromatic carbocycles. The van der Waals surface area contributed by atoms with Crippen molar-refractivity contribution < 1.29 is 14.4 Å². The number of nitrogens with one attached hydrogen (secondary N) is 3. The van der Waals surface area contributed by atoms with Crippen LogP contribution in [0.5, 0.6) is 0 Å². The van der Waals surface area contributed by atoms with Gasteiger partial charge in [-0.05, 0) is 12.8 Å². The molecule has 1 atom stereocenters. The summed E-state index contributed by atoms with van der Waals surface area (Å²) in [6.45, 7) is 0.175. The summed E-state index contributed by atoms with van der Waals surface area (Å²) in [5.41, 5.74) is 10.0. The first kappa shape index (κ1) is 15.2. The molecular formula is C9H19N5O3. The molecular weight excluding hydrogens is 226 g/mol. The van der Waals surface area contributed by atoms with Gasteiger partial charge in [-0.1, -0.05) is 0 Å². The second-order valence-electron chi connectivity index (χ2n) is 3.37. The van der Waals surface area contributed by atoms with Crippen LogP contribution in [0.3, 0.4) is 0 Å². The Bertz CT molecular complexity index is 282. The highest BCUT2D eigenvalue weighted by molar-refractivity contribution is 5.88. The van der Waals surface area contributed by atoms with Crippen LogP contribution in [0.2, 0.25) is 0 Å². The Morgan fingerprint density at radius 3 is 2.41 bits per heavy atom. The molecule has 0 saturated carbocycles. The highest BCUT2D eigenvalue weighted by Gasteiger charge is 2.18. The van der Waals surface area contributed by atoms with Crippen molar-refractivity contribution in [2.45, 2.75) is 18.9 Å². The Morgan fingerprint density at radius 2 is 1.94 bits per heavy atom. The van der Waals surface area contributed by atoms with Gasteiger partial charge >= 0.3 is 6.03 Å². The first-order valence-electron chi connectivity index (χ1n) is 5.25. The number of likely N-dealkylation sites (N-methyl/N-ethyl adjacent to an activating group) is 1. The second kappa shape index (κ2) is 8.34. The van der Waals surface area contributed by atoms with Crippen molar-refractivity contribution in [1.29, 1.82) is 0 Å². The van der Waals surface area contributed by atoms with Gasteiger partial charge in [-0.2, -0.15) is 0 Å². The molecule has 0 radical (unpaired) electrons. The highest BCUT2D eigenvalue weighted by atomic mass is 16.2. The van der Waals surface area contributed by atoms with Gasteiger partial charge in [-0.3, -0.25) is 9.59 Å². The maximum atomic E-state index is 11.4. The summed E-state index contributed by atoms with van der Waals surface area (Å²) in [4.78, 5) is 32.9. The van der Waals surface area contributed by atoms with E-state index in [-0.39, 0.29) is 12.5 Å². The third kappa shape index (κ3) is 7.12. The molecule has 0 bridgehead atoms. The average Bonchev–Trinajstić information content (AvgIpc) is 2.31. The van der Waals surface area contributed by atoms with Crippen molar-refractivity contribution in [2.75, 3.05) is 20.1 Å². The molecule has 0 saturated heterocycles. The van der Waals surface area contributed by atoms with E-state index in [1.807, 2.05) is 0 Å². The smallest absolute Gasteiger partial charge is 0.312 e. The summed E-state index contributed by atoms with van der Waals surface area (Å²) >= 11 is 0. The summed E-state index contributed by atoms with van der Waals surface area (Å²) in [5.74, 6) is -0.702. The van der Waals surface area contributed by atoms with Gasteiger partial charge in [0.05, 0.1) is 6.54 Å². The monoisotopic (exact) mass is 245 g/mol. The van der Waals surface area contributed by atoms with Crippen LogP contribution in [0.1, 0.15) is 12.8 Å². The van der Waals surface area contributed by atoms with Crippen molar-refractivity contribution >= 4 is 17.8 Å². The Kier molecular flexibility index (Phi) is 7.44. The van der Waals surface area contributed by atoms with E-state index >= 15 is 0 Å². The van der Waals surface area contributed by atoms with E-state index in [0.29, 0.717) is 19.4 Å². The summed E-state index contributed by atoms with van der Waals surface area (Å²) in [6.07, 6.45) is 0.914. The molecule has 4 amide bonds. The minimum Gasteiger partial charge on any atom is -0.357 e. The van der Waals surface area contributed by atoms with Gasteiger partial charge in [0.2, 0.25) is 11.8 Å². The van der Waals surface area contributed by atoms with Gasteiger partial charge in [0, 0.05) is 13.6 Å². The summed E-state index contributed by atoms with van der Waals surface area (Å²) in [6, 6.07) is -1.27. The van der Waals surface area contributed by atoms with Crippen LogP contribution in [-0.4, -0.2) is 44.0 Å². The predicted molar refractivity (Wildman–Crippen MR) is 61.9 cm³/mol. The fourth-order valence-electron chi connectivity index (χ4n) is 1.21. The third-order valence-electron chi connectivity index (χ3n) is 2.05. The molecule has 0 rings (SSSR count). The van der Waals surface area contributed by atoms with Gasteiger partial charge in [0.25, 0.3) is 0 Å². The van der Waals surface area contributed by atoms with Crippen LogP contribution in [0.15, 0.2) is 0 Å². The van der Waals surface area contributed by atoms with Crippen LogP contribution < -0.4 is 27.4 Å². The first-order valence-corrected chi connectivity index (χ1v) is 5.25. The molecule has 0 aromatic heterocycles. The Hall–Kier alpha value is -1.83. The molecule has 8 heteroatoms. The molecule has 0 aliphatic heterocycles. The van der Waals surface area contributed by atoms with Crippen molar-refractivity contribution in [3.8, 4) is 0 Å². The number of rotatable bonds is 7. The number of primary amides is 1. The molecule has 0 spiro atoms. The van der Waals surface area contributed by atoms with Gasteiger partial charge in [0.15, 0.2) is 0 Å². The van der Waals surface area contributed by atoms with E-state index < -0.39 is 18.0 Å². The number of hydrogen-bond acceptors (Lipinski definition) is 4. The van der Waals surface area contributed by atoms with E-state index in [1.165, 1.54) is 7.05 Å². The lowest BCUT2D eigenvalue weighted by atomic mass is 10.1. The van der Waals surface area contributed by atoms with E-state index in [0.717, 1.165) is 0 Å². The summed E-state index contributed by atoms with van der Waals surface area (Å²) in [7, 11) is 1.48. The maximum Gasteiger partial charge on any atom is 0.312 e. The minimum atomic E-state index is -0.647. The summed E-state index contributed by atoms with van der Waals surface area (Å²) in [5, 5.41) is 7.32. The minimum absolute atomic E-state index is 0.174. The van der Waals surface area contributed by atoms with Crippen molar-refractivity contribution in [3.05, 3.63) is 0 Å². The van der Waals surface area contributed by atoms with Gasteiger partial charge in [0.1, 0.15) is 6.04 Å². The largest absolute Gasteiger partial charge is 0.357 e. The fourth-order valence-corrected chi connectivity index (χ4v) is 1.21. The number of hydrogen-bond donors (Lipinski definition) is 5. The zero-order valence-electron chi connectivity index (χ0n) is 9.79. The number of urea groups is 1. The lowest BCUT2D eigenvalue weighted by molar-refractivity contribution is -0.128. The molecule has 0 fully saturated rings. The molecule has 0 unspecified atom stereocenters. The van der Waals surface area contributed by atoms with E-state index in [1.54, 1.807) is 0 Å². The van der Waals surface area contributed by atoms with Crippen LogP contribution in [-0.2, 0) is 9.59 Å². The van der Waals surface area contributed by atoms with Crippen molar-refractivity contribution in [2.24, 2.45) is 11.5 Å². The van der Waals surface area contributed by atoms with Crippen LogP contribution in [0.25, 0.3) is 0 Å². The Balaban J connectivity index is 4.06. The second-order valence-corrected chi connectivity index (χ2v) is 3.37. The quantitative estimate of drug-likeness (QED) is 0.320. The predicted octanol–water partition coefficient (Wildman–Crippen LogP) is -2.38. The van der Waals surface area contributed by atoms with Gasteiger partial charge in [-0.15, -0.1) is 0 Å². The molecule has 98 valence electrons. The van der Waals surface area contributed by atoms with Crippen molar-refractivity contribution in [1.82, 2.24) is 16.0 Å². The van der Waals surface area contributed by atoms with Crippen molar-refractivity contribution in [3.63, 3.8) is 0 Å². The SMILES string of the molecule is CNC(=O)[C@H](CCCNC(N)=O)NC(=O)CN. The normalized spacial score (nSPS) is 11.4. The highest BCUT2D eigenvalue weighted by Crippen LogP contribution is 1.96. The maximum absolute atomic E-state index is 11.4. The Morgan fingerprint density at radius 1 is 1.29 bits per heavy atom. The molecule has 0 heterocycles. The Labute approximate surface area is 99.5 Å². The zero-order chi connectivity index (χ0) is 13.3. The lowest BCUT2D eigenvalue weighted by Gasteiger charge is -2.16. The van der Waals surface area contributed by atoms with Gasteiger partial charge in [-0.25, -0.2) is 4.79 Å². The standard InChI is InChI=1S/C9H19N5O3/c1-12-8(16)6(14-7(15)5-10)3-2-4-13-9(11)17/h6H,2-5,10H2,1H3,(H,12,16)(H,14,15)(H3,11,13,17)/t6-/m0/s1. The van der Waals surface area contributed by atoms with E-state index in [4.69, 9.17) is 11.5 Å². The lowest BCUT2D eigenvalue weighted by Crippen LogP contribution is -2.47. The number of carbonyl (C=O) groups excluding carboxylic acids is 3. The molecule has 0 aromatic rings. The van der Waals surface area contributed by atoms with E-state index in [2.05, 4.69) is 16.0 Å². The summed E-state index contributed by atoms with van der Waals surface area (Å²) < 4.78 is 0. The van der Waals surface area contributed by atoms with E-state index in [9.17, 15) is 14.4 Å². The van der Waals surface area contributed by atoms with Crippen LogP contribution >= 0.6 is 0 Å². The van der Waals surface area contributed by atoms with Crippen LogP contribution in [0.4, 0.5) is 4.79 Å². The number of amides is 4. The fraction of sp³-hybridized carbons (Fsp3) is 0.667. The molecule has 7 N–H and O–H groups in total. The topological polar surface area (TPSA) is 139 Å². The average molecular weight is 245 g/mol. The molecule has 17 heavy (non-hydrogen) atoms. The molecule has 0 aliphatic carbocycles. The third-order valence-corrected chi connectivity index (χ3v) is 2.05. The molecule has 0 aliphatic rings. The number of nitrogens with two attached hydrogens (primary N) is 2. The molecule has 8 nitrogen and oxygen atoms in total. The van der Waals surface area contributed by atoms with Crippen LogP contribution in [0, 0.1) is 0 Å². The first-order chi connectivity index (χ1) is 8.01.